The van der Waals surface area contributed by atoms with E-state index < -0.39 is 41.5 Å². The number of nitrogens with two attached hydrogens (primary N) is 1. The van der Waals surface area contributed by atoms with Crippen LogP contribution in [0.15, 0.2) is 18.2 Å². The van der Waals surface area contributed by atoms with E-state index in [1.807, 2.05) is 5.32 Å². The van der Waals surface area contributed by atoms with E-state index in [4.69, 9.17) is 20.4 Å². The van der Waals surface area contributed by atoms with Gasteiger partial charge in [0.2, 0.25) is 0 Å². The molecule has 11 heteroatoms. The number of halogens is 1. The van der Waals surface area contributed by atoms with E-state index >= 15 is 0 Å². The highest BCUT2D eigenvalue weighted by Gasteiger charge is 2.19. The maximum absolute atomic E-state index is 12.7. The Balaban J connectivity index is 0.000000481. The molecule has 2 amide bonds. The number of phenolic OH excluding ortho intramolecular Hbond substituents is 1. The summed E-state index contributed by atoms with van der Waals surface area (Å²) in [4.78, 5) is 40.9. The summed E-state index contributed by atoms with van der Waals surface area (Å²) in [5, 5.41) is 35.8. The largest absolute Gasteiger partial charge is 0.505 e. The number of benzene rings is 1. The summed E-state index contributed by atoms with van der Waals surface area (Å²) in [5.41, 5.74) is 5.24. The number of aromatic hydroxyl groups is 1. The number of rotatable bonds is 8. The molecule has 26 heavy (non-hydrogen) atoms. The smallest absolute Gasteiger partial charge is 0.326 e. The molecule has 0 radical (unpaired) electrons. The Kier molecular flexibility index (Phi) is 9.78. The van der Waals surface area contributed by atoms with Gasteiger partial charge in [-0.25, -0.2) is 14.0 Å². The fourth-order valence-corrected chi connectivity index (χ4v) is 1.65. The number of primary amides is 1. The van der Waals surface area contributed by atoms with E-state index in [2.05, 4.69) is 5.73 Å². The first-order chi connectivity index (χ1) is 12.0. The lowest BCUT2D eigenvalue weighted by Gasteiger charge is -2.10. The molecule has 0 heterocycles. The van der Waals surface area contributed by atoms with Gasteiger partial charge in [-0.05, 0) is 30.5 Å². The number of carbonyl (C=O) groups is 4. The minimum Gasteiger partial charge on any atom is -0.505 e. The molecule has 1 rings (SSSR count). The summed E-state index contributed by atoms with van der Waals surface area (Å²) in [7, 11) is 0. The van der Waals surface area contributed by atoms with Crippen molar-refractivity contribution < 1.29 is 44.0 Å². The van der Waals surface area contributed by atoms with E-state index in [1.165, 1.54) is 12.1 Å². The Morgan fingerprint density at radius 1 is 1.08 bits per heavy atom. The molecule has 0 aliphatic heterocycles. The maximum Gasteiger partial charge on any atom is 0.326 e. The predicted octanol–water partition coefficient (Wildman–Crippen LogP) is 0.521. The van der Waals surface area contributed by atoms with Gasteiger partial charge in [-0.1, -0.05) is 6.07 Å². The Morgan fingerprint density at radius 2 is 1.65 bits per heavy atom. The maximum atomic E-state index is 12.7. The first kappa shape index (κ1) is 22.6. The fourth-order valence-electron chi connectivity index (χ4n) is 1.65. The normalized spacial score (nSPS) is 10.8. The van der Waals surface area contributed by atoms with Crippen LogP contribution in [-0.4, -0.2) is 50.4 Å². The van der Waals surface area contributed by atoms with Crippen molar-refractivity contribution in [2.75, 3.05) is 0 Å². The molecular weight excluding hydrogens is 355 g/mol. The molecule has 144 valence electrons. The first-order valence-electron chi connectivity index (χ1n) is 7.22. The number of carbonyl (C=O) groups excluding carboxylic acids is 1. The second-order valence-corrected chi connectivity index (χ2v) is 5.01. The third-order valence-corrected chi connectivity index (χ3v) is 2.90. The van der Waals surface area contributed by atoms with Crippen LogP contribution in [0.4, 0.5) is 9.18 Å². The molecule has 0 aromatic heterocycles. The van der Waals surface area contributed by atoms with Crippen LogP contribution < -0.4 is 11.1 Å². The van der Waals surface area contributed by atoms with Crippen LogP contribution >= 0.6 is 0 Å². The lowest BCUT2D eigenvalue weighted by Crippen LogP contribution is -2.43. The van der Waals surface area contributed by atoms with Crippen molar-refractivity contribution in [3.63, 3.8) is 0 Å². The minimum absolute atomic E-state index is 0.0375. The number of hydrogen-bond donors (Lipinski definition) is 6. The van der Waals surface area contributed by atoms with Crippen molar-refractivity contribution in [2.24, 2.45) is 5.73 Å². The second kappa shape index (κ2) is 11.2. The molecule has 0 spiro atoms. The average Bonchev–Trinajstić information content (AvgIpc) is 2.52. The standard InChI is InChI=1S/C9H9FO3.C6H10N2O5/c10-7-5-6(1-3-8(7)11)2-4-9(12)13;7-6(13)8-3(5(11)12)1-2-4(9)10/h1,3,5,11H,2,4H2,(H,12,13);3H,1-2H2,(H,9,10)(H,11,12)(H3,7,8,13)/t;3-/m.0/s1. The highest BCUT2D eigenvalue weighted by Crippen LogP contribution is 2.16. The van der Waals surface area contributed by atoms with Gasteiger partial charge in [0, 0.05) is 12.8 Å². The summed E-state index contributed by atoms with van der Waals surface area (Å²) in [6.45, 7) is 0. The molecule has 1 aromatic rings. The Bertz CT molecular complexity index is 665. The second-order valence-electron chi connectivity index (χ2n) is 5.01. The average molecular weight is 374 g/mol. The van der Waals surface area contributed by atoms with Crippen LogP contribution in [0.3, 0.4) is 0 Å². The monoisotopic (exact) mass is 374 g/mol. The van der Waals surface area contributed by atoms with Crippen LogP contribution in [0, 0.1) is 5.82 Å². The number of aliphatic carboxylic acids is 3. The Labute approximate surface area is 147 Å². The van der Waals surface area contributed by atoms with Gasteiger partial charge in [-0.3, -0.25) is 9.59 Å². The molecule has 0 aliphatic rings. The zero-order valence-electron chi connectivity index (χ0n) is 13.5. The number of carboxylic acid groups (broad SMARTS) is 3. The molecule has 1 aromatic carbocycles. The van der Waals surface area contributed by atoms with Gasteiger partial charge in [0.1, 0.15) is 6.04 Å². The Hall–Kier alpha value is -3.37. The summed E-state index contributed by atoms with van der Waals surface area (Å²) in [6, 6.07) is 1.62. The molecule has 0 bridgehead atoms. The van der Waals surface area contributed by atoms with Crippen molar-refractivity contribution in [3.8, 4) is 5.75 Å². The number of amides is 2. The van der Waals surface area contributed by atoms with Crippen molar-refractivity contribution in [1.29, 1.82) is 0 Å². The number of phenols is 1. The van der Waals surface area contributed by atoms with Gasteiger partial charge in [-0.2, -0.15) is 0 Å². The van der Waals surface area contributed by atoms with Crippen molar-refractivity contribution in [1.82, 2.24) is 5.32 Å². The molecule has 0 unspecified atom stereocenters. The zero-order chi connectivity index (χ0) is 20.3. The highest BCUT2D eigenvalue weighted by molar-refractivity contribution is 5.82. The third kappa shape index (κ3) is 10.4. The van der Waals surface area contributed by atoms with Gasteiger partial charge in [0.25, 0.3) is 0 Å². The number of carboxylic acids is 3. The van der Waals surface area contributed by atoms with E-state index in [-0.39, 0.29) is 25.7 Å². The highest BCUT2D eigenvalue weighted by atomic mass is 19.1. The molecule has 0 saturated carbocycles. The van der Waals surface area contributed by atoms with Crippen molar-refractivity contribution in [3.05, 3.63) is 29.6 Å². The number of hydrogen-bond acceptors (Lipinski definition) is 5. The van der Waals surface area contributed by atoms with Crippen LogP contribution in [0.2, 0.25) is 0 Å². The summed E-state index contributed by atoms with van der Waals surface area (Å²) >= 11 is 0. The fraction of sp³-hybridized carbons (Fsp3) is 0.333. The lowest BCUT2D eigenvalue weighted by molar-refractivity contribution is -0.140. The number of aryl methyl sites for hydroxylation is 1. The van der Waals surface area contributed by atoms with Crippen LogP contribution in [-0.2, 0) is 20.8 Å². The van der Waals surface area contributed by atoms with Gasteiger partial charge >= 0.3 is 23.9 Å². The van der Waals surface area contributed by atoms with E-state index in [9.17, 15) is 23.6 Å². The van der Waals surface area contributed by atoms with Crippen molar-refractivity contribution >= 4 is 23.9 Å². The quantitative estimate of drug-likeness (QED) is 0.380. The molecule has 0 aliphatic carbocycles. The van der Waals surface area contributed by atoms with E-state index in [1.54, 1.807) is 0 Å². The first-order valence-corrected chi connectivity index (χ1v) is 7.22. The van der Waals surface area contributed by atoms with Crippen LogP contribution in [0.25, 0.3) is 0 Å². The SMILES string of the molecule is NC(=O)N[C@@H](CCC(=O)O)C(=O)O.O=C(O)CCc1ccc(O)c(F)c1. The summed E-state index contributed by atoms with van der Waals surface area (Å²) < 4.78 is 12.7. The van der Waals surface area contributed by atoms with Gasteiger partial charge < -0.3 is 31.5 Å². The van der Waals surface area contributed by atoms with Gasteiger partial charge in [-0.15, -0.1) is 0 Å². The van der Waals surface area contributed by atoms with E-state index in [0.29, 0.717) is 5.56 Å². The molecule has 0 saturated heterocycles. The molecule has 0 fully saturated rings. The molecule has 7 N–H and O–H groups in total. The number of urea groups is 1. The molecule has 10 nitrogen and oxygen atoms in total. The van der Waals surface area contributed by atoms with Crippen molar-refractivity contribution in [2.45, 2.75) is 31.7 Å². The van der Waals surface area contributed by atoms with Crippen LogP contribution in [0.1, 0.15) is 24.8 Å². The lowest BCUT2D eigenvalue weighted by atomic mass is 10.1. The summed E-state index contributed by atoms with van der Waals surface area (Å²) in [5.74, 6) is -4.49. The van der Waals surface area contributed by atoms with Crippen LogP contribution in [0.5, 0.6) is 5.75 Å². The van der Waals surface area contributed by atoms with Gasteiger partial charge in [0.05, 0.1) is 0 Å². The van der Waals surface area contributed by atoms with E-state index in [0.717, 1.165) is 6.07 Å². The zero-order valence-corrected chi connectivity index (χ0v) is 13.5. The predicted molar refractivity (Wildman–Crippen MR) is 85.0 cm³/mol. The van der Waals surface area contributed by atoms with Gasteiger partial charge in [0.15, 0.2) is 11.6 Å². The third-order valence-electron chi connectivity index (χ3n) is 2.90. The topological polar surface area (TPSA) is 187 Å². The molecule has 1 atom stereocenters. The molecular formula is C15H19FN2O8. The Morgan fingerprint density at radius 3 is 2.08 bits per heavy atom. The summed E-state index contributed by atoms with van der Waals surface area (Å²) in [6.07, 6.45) is -0.290. The minimum atomic E-state index is -1.31. The number of nitrogens with one attached hydrogen (secondary N) is 1.